The first-order chi connectivity index (χ1) is 16.0. The summed E-state index contributed by atoms with van der Waals surface area (Å²) in [6.45, 7) is 1.77. The van der Waals surface area contributed by atoms with Crippen molar-refractivity contribution in [2.45, 2.75) is 35.6 Å². The van der Waals surface area contributed by atoms with E-state index in [0.29, 0.717) is 24.1 Å². The van der Waals surface area contributed by atoms with Crippen LogP contribution in [0.3, 0.4) is 0 Å². The zero-order valence-electron chi connectivity index (χ0n) is 17.9. The Bertz CT molecular complexity index is 1470. The second-order valence-electron chi connectivity index (χ2n) is 7.85. The molecule has 0 unspecified atom stereocenters. The molecule has 3 aromatic rings. The van der Waals surface area contributed by atoms with E-state index in [-0.39, 0.29) is 27.2 Å². The molecular weight excluding hydrogens is 485 g/mol. The summed E-state index contributed by atoms with van der Waals surface area (Å²) < 4.78 is 69.2. The van der Waals surface area contributed by atoms with Crippen molar-refractivity contribution in [3.05, 3.63) is 88.2 Å². The first kappa shape index (κ1) is 23.6. The van der Waals surface area contributed by atoms with Gasteiger partial charge in [-0.25, -0.2) is 21.2 Å². The number of halogens is 1. The Morgan fingerprint density at radius 1 is 1.00 bits per heavy atom. The monoisotopic (exact) mass is 505 g/mol. The maximum Gasteiger partial charge on any atom is 0.270 e. The van der Waals surface area contributed by atoms with Gasteiger partial charge in [0.25, 0.3) is 25.7 Å². The van der Waals surface area contributed by atoms with Gasteiger partial charge in [0, 0.05) is 23.9 Å². The number of fused-ring (bicyclic) bond motifs is 1. The summed E-state index contributed by atoms with van der Waals surface area (Å²) in [5.41, 5.74) is 0.721. The summed E-state index contributed by atoms with van der Waals surface area (Å²) in [5.74, 6) is -0.439. The molecule has 1 N–H and O–H groups in total. The van der Waals surface area contributed by atoms with Crippen LogP contribution in [0.1, 0.15) is 18.9 Å². The van der Waals surface area contributed by atoms with Gasteiger partial charge in [-0.1, -0.05) is 6.07 Å². The number of nitro benzene ring substituents is 1. The highest BCUT2D eigenvalue weighted by Crippen LogP contribution is 2.36. The number of nitrogens with one attached hydrogen (secondary N) is 1. The zero-order valence-corrected chi connectivity index (χ0v) is 19.5. The maximum atomic E-state index is 13.6. The summed E-state index contributed by atoms with van der Waals surface area (Å²) in [7, 11) is -8.15. The zero-order chi connectivity index (χ0) is 24.7. The van der Waals surface area contributed by atoms with Gasteiger partial charge in [-0.3, -0.25) is 19.1 Å². The molecule has 0 amide bonds. The molecule has 0 radical (unpaired) electrons. The molecule has 0 bridgehead atoms. The molecule has 0 spiro atoms. The molecule has 1 aliphatic heterocycles. The lowest BCUT2D eigenvalue weighted by Crippen LogP contribution is -2.42. The topological polar surface area (TPSA) is 127 Å². The Morgan fingerprint density at radius 3 is 2.38 bits per heavy atom. The van der Waals surface area contributed by atoms with Crippen molar-refractivity contribution in [2.75, 3.05) is 9.03 Å². The van der Waals surface area contributed by atoms with Crippen molar-refractivity contribution in [2.24, 2.45) is 0 Å². The van der Waals surface area contributed by atoms with Crippen molar-refractivity contribution in [3.63, 3.8) is 0 Å². The summed E-state index contributed by atoms with van der Waals surface area (Å²) in [6.07, 6.45) is 1.08. The van der Waals surface area contributed by atoms with E-state index in [1.807, 2.05) is 0 Å². The lowest BCUT2D eigenvalue weighted by molar-refractivity contribution is -0.385. The van der Waals surface area contributed by atoms with E-state index in [1.165, 1.54) is 65.0 Å². The maximum absolute atomic E-state index is 13.6. The average molecular weight is 506 g/mol. The van der Waals surface area contributed by atoms with Crippen molar-refractivity contribution in [1.29, 1.82) is 0 Å². The summed E-state index contributed by atoms with van der Waals surface area (Å²) in [4.78, 5) is 9.86. The number of hydrogen-bond acceptors (Lipinski definition) is 6. The lowest BCUT2D eigenvalue weighted by atomic mass is 9.99. The van der Waals surface area contributed by atoms with Crippen LogP contribution in [0.4, 0.5) is 21.5 Å². The number of non-ortho nitro benzene ring substituents is 1. The van der Waals surface area contributed by atoms with Gasteiger partial charge in [0.15, 0.2) is 0 Å². The van der Waals surface area contributed by atoms with Crippen LogP contribution in [0.25, 0.3) is 0 Å². The van der Waals surface area contributed by atoms with Gasteiger partial charge in [0.2, 0.25) is 0 Å². The minimum absolute atomic E-state index is 0.0604. The third kappa shape index (κ3) is 4.46. The van der Waals surface area contributed by atoms with Crippen molar-refractivity contribution >= 4 is 37.1 Å². The van der Waals surface area contributed by atoms with Gasteiger partial charge < -0.3 is 0 Å². The molecule has 34 heavy (non-hydrogen) atoms. The van der Waals surface area contributed by atoms with Crippen LogP contribution in [-0.2, 0) is 26.5 Å². The van der Waals surface area contributed by atoms with Gasteiger partial charge in [-0.05, 0) is 73.9 Å². The quantitative estimate of drug-likeness (QED) is 0.398. The molecule has 0 saturated heterocycles. The largest absolute Gasteiger partial charge is 0.280 e. The van der Waals surface area contributed by atoms with E-state index >= 15 is 0 Å². The number of sulfonamides is 2. The molecular formula is C22H20FN3O6S2. The van der Waals surface area contributed by atoms with Crippen LogP contribution < -0.4 is 9.03 Å². The fourth-order valence-electron chi connectivity index (χ4n) is 3.84. The molecule has 1 aliphatic rings. The first-order valence-electron chi connectivity index (χ1n) is 10.2. The molecule has 178 valence electrons. The lowest BCUT2D eigenvalue weighted by Gasteiger charge is -2.36. The third-order valence-electron chi connectivity index (χ3n) is 5.51. The van der Waals surface area contributed by atoms with Crippen LogP contribution >= 0.6 is 0 Å². The van der Waals surface area contributed by atoms with Crippen LogP contribution in [-0.4, -0.2) is 27.8 Å². The second-order valence-corrected chi connectivity index (χ2v) is 11.3. The van der Waals surface area contributed by atoms with Gasteiger partial charge in [0.1, 0.15) is 5.82 Å². The first-order valence-corrected chi connectivity index (χ1v) is 13.1. The molecule has 12 heteroatoms. The Labute approximate surface area is 196 Å². The highest BCUT2D eigenvalue weighted by Gasteiger charge is 2.34. The van der Waals surface area contributed by atoms with Gasteiger partial charge in [-0.15, -0.1) is 0 Å². The molecule has 0 saturated carbocycles. The molecule has 0 fully saturated rings. The summed E-state index contributed by atoms with van der Waals surface area (Å²) in [5, 5.41) is 10.9. The van der Waals surface area contributed by atoms with E-state index in [1.54, 1.807) is 6.92 Å². The predicted molar refractivity (Wildman–Crippen MR) is 124 cm³/mol. The smallest absolute Gasteiger partial charge is 0.270 e. The molecule has 0 aliphatic carbocycles. The van der Waals surface area contributed by atoms with E-state index in [9.17, 15) is 31.3 Å². The molecule has 3 aromatic carbocycles. The standard InChI is InChI=1S/C22H20FN3O6S2/c1-15-5-6-16-13-17(23)7-12-22(16)25(15)34(31,32)20-10-8-18(9-11-20)24-33(29,30)21-4-2-3-19(14-21)26(27)28/h2-4,7-15,24H,5-6H2,1H3/t15-/m1/s1. The highest BCUT2D eigenvalue weighted by atomic mass is 32.2. The minimum atomic E-state index is -4.14. The third-order valence-corrected chi connectivity index (χ3v) is 8.83. The SMILES string of the molecule is C[C@@H]1CCc2cc(F)ccc2N1S(=O)(=O)c1ccc(NS(=O)(=O)c2cccc([N+](=O)[O-])c2)cc1. The van der Waals surface area contributed by atoms with Crippen molar-refractivity contribution in [3.8, 4) is 0 Å². The number of nitrogens with zero attached hydrogens (tertiary/aromatic N) is 2. The number of rotatable bonds is 6. The molecule has 0 aromatic heterocycles. The minimum Gasteiger partial charge on any atom is -0.280 e. The average Bonchev–Trinajstić information content (AvgIpc) is 2.79. The van der Waals surface area contributed by atoms with Gasteiger partial charge in [0.05, 0.1) is 20.4 Å². The van der Waals surface area contributed by atoms with E-state index < -0.39 is 30.8 Å². The molecule has 4 rings (SSSR count). The van der Waals surface area contributed by atoms with Gasteiger partial charge in [-0.2, -0.15) is 0 Å². The number of benzene rings is 3. The van der Waals surface area contributed by atoms with E-state index in [0.717, 1.165) is 6.07 Å². The molecule has 9 nitrogen and oxygen atoms in total. The van der Waals surface area contributed by atoms with Crippen LogP contribution in [0, 0.1) is 15.9 Å². The second kappa shape index (κ2) is 8.69. The Morgan fingerprint density at radius 2 is 1.71 bits per heavy atom. The van der Waals surface area contributed by atoms with Crippen LogP contribution in [0.5, 0.6) is 0 Å². The number of hydrogen-bond donors (Lipinski definition) is 1. The van der Waals surface area contributed by atoms with Crippen LogP contribution in [0.15, 0.2) is 76.5 Å². The van der Waals surface area contributed by atoms with E-state index in [4.69, 9.17) is 0 Å². The normalized spacial score (nSPS) is 16.1. The summed E-state index contributed by atoms with van der Waals surface area (Å²) >= 11 is 0. The Balaban J connectivity index is 1.62. The fraction of sp³-hybridized carbons (Fsp3) is 0.182. The molecule has 1 atom stereocenters. The summed E-state index contributed by atoms with van der Waals surface area (Å²) in [6, 6.07) is 13.3. The molecule has 1 heterocycles. The van der Waals surface area contributed by atoms with E-state index in [2.05, 4.69) is 4.72 Å². The highest BCUT2D eigenvalue weighted by molar-refractivity contribution is 7.93. The Hall–Kier alpha value is -3.51. The fourth-order valence-corrected chi connectivity index (χ4v) is 6.66. The van der Waals surface area contributed by atoms with Gasteiger partial charge >= 0.3 is 0 Å². The Kier molecular flexibility index (Phi) is 6.04. The number of aryl methyl sites for hydroxylation is 1. The van der Waals surface area contributed by atoms with Crippen LogP contribution in [0.2, 0.25) is 0 Å². The number of nitro groups is 1. The predicted octanol–water partition coefficient (Wildman–Crippen LogP) is 4.06. The van der Waals surface area contributed by atoms with Crippen molar-refractivity contribution in [1.82, 2.24) is 0 Å². The number of anilines is 2. The van der Waals surface area contributed by atoms with Crippen molar-refractivity contribution < 1.29 is 26.1 Å².